The van der Waals surface area contributed by atoms with Crippen molar-refractivity contribution in [2.24, 2.45) is 0 Å². The van der Waals surface area contributed by atoms with Crippen molar-refractivity contribution >= 4 is 94.6 Å². The fraction of sp³-hybridized carbons (Fsp3) is 0.600. The quantitative estimate of drug-likeness (QED) is 0.240. The molecule has 0 fully saturated rings. The zero-order valence-electron chi connectivity index (χ0n) is 20.4. The van der Waals surface area contributed by atoms with Crippen molar-refractivity contribution in [2.45, 2.75) is 55.3 Å². The van der Waals surface area contributed by atoms with E-state index < -0.39 is 49.5 Å². The van der Waals surface area contributed by atoms with Crippen molar-refractivity contribution in [2.75, 3.05) is 0 Å². The van der Waals surface area contributed by atoms with Crippen LogP contribution in [0.2, 0.25) is 8.87 Å². The van der Waals surface area contributed by atoms with Crippen LogP contribution in [0, 0.1) is 6.92 Å². The summed E-state index contributed by atoms with van der Waals surface area (Å²) in [4.78, 5) is 55.4. The van der Waals surface area contributed by atoms with E-state index in [-0.39, 0.29) is 0 Å². The van der Waals surface area contributed by atoms with Crippen molar-refractivity contribution in [1.82, 2.24) is 0 Å². The predicted octanol–water partition coefficient (Wildman–Crippen LogP) is 1.86. The van der Waals surface area contributed by atoms with Gasteiger partial charge in [-0.25, -0.2) is 0 Å². The third-order valence-corrected chi connectivity index (χ3v) is 7.62. The monoisotopic (exact) mass is 872 g/mol. The molecule has 23 heteroatoms. The Balaban J connectivity index is -0.000000115. The van der Waals surface area contributed by atoms with Crippen molar-refractivity contribution in [1.29, 1.82) is 0 Å². The Labute approximate surface area is 254 Å². The van der Waals surface area contributed by atoms with Gasteiger partial charge in [-0.2, -0.15) is 0 Å². The summed E-state index contributed by atoms with van der Waals surface area (Å²) in [6.45, 7) is 6.54. The fourth-order valence-electron chi connectivity index (χ4n) is 1.05. The first-order chi connectivity index (χ1) is 17.6. The Morgan fingerprint density at radius 2 is 0.816 bits per heavy atom. The normalized spacial score (nSPS) is 11.3. The topological polar surface area (TPSA) is 268 Å². The van der Waals surface area contributed by atoms with Crippen LogP contribution in [0.15, 0.2) is 30.3 Å². The van der Waals surface area contributed by atoms with Crippen LogP contribution in [-0.4, -0.2) is 45.0 Å². The summed E-state index contributed by atoms with van der Waals surface area (Å²) in [5.41, 5.74) is 1.32. The van der Waals surface area contributed by atoms with Gasteiger partial charge in [0.25, 0.3) is 0 Å². The molecule has 15 nitrogen and oxygen atoms in total. The zero-order chi connectivity index (χ0) is 30.9. The van der Waals surface area contributed by atoms with Crippen LogP contribution < -0.4 is 29.4 Å². The van der Waals surface area contributed by atoms with Gasteiger partial charge in [0.05, 0.1) is 0 Å². The number of aryl methyl sites for hydroxylation is 1. The molecule has 0 aromatic heterocycles. The number of rotatable bonds is 10. The average Bonchev–Trinajstić information content (AvgIpc) is 2.75. The van der Waals surface area contributed by atoms with Crippen LogP contribution in [-0.2, 0) is 40.3 Å². The number of hydrogen-bond donors (Lipinski definition) is 0. The molecule has 0 saturated heterocycles. The molecule has 1 aromatic rings. The second-order valence-corrected chi connectivity index (χ2v) is 12.9. The van der Waals surface area contributed by atoms with E-state index in [9.17, 15) is 56.8 Å². The van der Waals surface area contributed by atoms with E-state index in [1.165, 1.54) is 40.1 Å². The SMILES string of the molecule is CCC[CH2][Sn+3].CCC[CH2][Sn+3].Cc1ccccc1.O=[P+]([O-])O[P+](=O)[O-].O=[P+]([O-])O[P+](=O)[O-].O=[P+]([O-])O[P+](=O)[O-]. The van der Waals surface area contributed by atoms with Crippen molar-refractivity contribution in [3.8, 4) is 0 Å². The summed E-state index contributed by atoms with van der Waals surface area (Å²) in [7, 11) is -19.4. The molecular formula is C15H26O15P6Sn2+6. The minimum absolute atomic E-state index is 1.32. The summed E-state index contributed by atoms with van der Waals surface area (Å²) in [5.74, 6) is 0. The fourth-order valence-corrected chi connectivity index (χ4v) is 4.38. The van der Waals surface area contributed by atoms with Gasteiger partial charge < -0.3 is 29.4 Å². The largest absolute Gasteiger partial charge is 0.563 e. The Morgan fingerprint density at radius 1 is 0.579 bits per heavy atom. The molecule has 1 aromatic carbocycles. The third-order valence-electron chi connectivity index (χ3n) is 2.40. The maximum absolute atomic E-state index is 9.24. The van der Waals surface area contributed by atoms with Gasteiger partial charge in [-0.05, 0) is 34.3 Å². The van der Waals surface area contributed by atoms with E-state index in [0.717, 1.165) is 0 Å². The van der Waals surface area contributed by atoms with Gasteiger partial charge in [-0.15, -0.1) is 0 Å². The van der Waals surface area contributed by atoms with E-state index in [1.807, 2.05) is 18.2 Å². The molecule has 0 amide bonds. The van der Waals surface area contributed by atoms with E-state index in [4.69, 9.17) is 0 Å². The van der Waals surface area contributed by atoms with Gasteiger partial charge in [0.1, 0.15) is 12.9 Å². The summed E-state index contributed by atoms with van der Waals surface area (Å²) in [6, 6.07) is 10.3. The Morgan fingerprint density at radius 3 is 0.868 bits per heavy atom. The second kappa shape index (κ2) is 40.2. The molecule has 0 heterocycles. The summed E-state index contributed by atoms with van der Waals surface area (Å²) >= 11 is 3.37. The van der Waals surface area contributed by atoms with Crippen molar-refractivity contribution < 1.29 is 69.7 Å². The standard InChI is InChI=1S/C7H8.2C4H9.3O5P2.2Sn/c1-7-5-3-2-4-6-7;2*1-3-4-2;3*1-6(2)5-7(3)4;;/h2-6H,1H3;2*1,3-4H2,2H3;;;;;/q;;;;;;2*+3. The van der Waals surface area contributed by atoms with E-state index in [0.29, 0.717) is 0 Å². The van der Waals surface area contributed by atoms with Crippen LogP contribution in [0.1, 0.15) is 45.1 Å². The molecule has 0 saturated carbocycles. The zero-order valence-corrected chi connectivity index (χ0v) is 31.5. The molecular weight excluding hydrogens is 843 g/mol. The Hall–Kier alpha value is 1.06. The molecule has 6 atom stereocenters. The maximum Gasteiger partial charge on any atom is 0.543 e. The van der Waals surface area contributed by atoms with Gasteiger partial charge >= 0.3 is 143 Å². The summed E-state index contributed by atoms with van der Waals surface area (Å²) < 4.78 is 67.8. The average molecular weight is 870 g/mol. The number of hydrogen-bond acceptors (Lipinski definition) is 15. The molecule has 0 spiro atoms. The summed E-state index contributed by atoms with van der Waals surface area (Å²) in [6.07, 6.45) is 5.59. The molecule has 0 radical (unpaired) electrons. The van der Waals surface area contributed by atoms with Crippen LogP contribution in [0.3, 0.4) is 0 Å². The Bertz CT molecular complexity index is 669. The van der Waals surface area contributed by atoms with Gasteiger partial charge in [-0.1, -0.05) is 35.9 Å². The first-order valence-electron chi connectivity index (χ1n) is 9.82. The molecule has 38 heavy (non-hydrogen) atoms. The maximum atomic E-state index is 9.24. The van der Waals surface area contributed by atoms with E-state index in [1.54, 1.807) is 45.0 Å². The predicted molar refractivity (Wildman–Crippen MR) is 131 cm³/mol. The molecule has 0 aliphatic rings. The smallest absolute Gasteiger partial charge is 0.543 e. The first-order valence-corrected chi connectivity index (χ1v) is 20.4. The molecule has 0 aliphatic carbocycles. The van der Waals surface area contributed by atoms with Gasteiger partial charge in [-0.3, -0.25) is 0 Å². The minimum Gasteiger partial charge on any atom is -0.563 e. The molecule has 0 bridgehead atoms. The van der Waals surface area contributed by atoms with Crippen molar-refractivity contribution in [3.63, 3.8) is 0 Å². The van der Waals surface area contributed by atoms with Crippen LogP contribution in [0.4, 0.5) is 0 Å². The van der Waals surface area contributed by atoms with Crippen LogP contribution in [0.5, 0.6) is 0 Å². The van der Waals surface area contributed by atoms with Gasteiger partial charge in [0, 0.05) is 0 Å². The first kappa shape index (κ1) is 48.8. The molecule has 1 rings (SSSR count). The van der Waals surface area contributed by atoms with Crippen LogP contribution in [0.25, 0.3) is 0 Å². The molecule has 0 aliphatic heterocycles. The third kappa shape index (κ3) is 76.7. The second-order valence-electron chi connectivity index (χ2n) is 5.45. The molecule has 0 N–H and O–H groups in total. The van der Waals surface area contributed by atoms with Gasteiger partial charge in [0.2, 0.25) is 0 Å². The molecule has 6 unspecified atom stereocenters. The summed E-state index contributed by atoms with van der Waals surface area (Å²) in [5, 5.41) is 0. The number of unbranched alkanes of at least 4 members (excludes halogenated alkanes) is 2. The van der Waals surface area contributed by atoms with Crippen molar-refractivity contribution in [3.05, 3.63) is 35.9 Å². The Kier molecular flexibility index (Phi) is 51.6. The minimum atomic E-state index is -3.24. The van der Waals surface area contributed by atoms with Gasteiger partial charge in [0.15, 0.2) is 0 Å². The number of benzene rings is 1. The van der Waals surface area contributed by atoms with E-state index >= 15 is 0 Å². The van der Waals surface area contributed by atoms with E-state index in [2.05, 4.69) is 45.8 Å². The molecule has 208 valence electrons. The van der Waals surface area contributed by atoms with Crippen LogP contribution >= 0.6 is 49.5 Å².